The third kappa shape index (κ3) is 3.45. The Hall–Kier alpha value is -1.83. The van der Waals surface area contributed by atoms with E-state index in [2.05, 4.69) is 20.6 Å². The third-order valence-corrected chi connectivity index (χ3v) is 5.10. The standard InChI is InChI=1S/C17H20BClN4O2/c1-10-8-20-17(23-16(10)21-12-4-2-3-5-12)22-13-6-11-9-25-18(24)15(11)14(19)7-13/h6-8,12,24H,2-5,9H2,1H3,(H2,20,21,22,23). The first-order valence-electron chi connectivity index (χ1n) is 8.59. The van der Waals surface area contributed by atoms with Crippen LogP contribution in [0.4, 0.5) is 17.5 Å². The molecule has 1 aromatic heterocycles. The lowest BCUT2D eigenvalue weighted by atomic mass is 9.79. The predicted molar refractivity (Wildman–Crippen MR) is 99.8 cm³/mol. The Morgan fingerprint density at radius 3 is 2.92 bits per heavy atom. The van der Waals surface area contributed by atoms with Gasteiger partial charge in [0.05, 0.1) is 6.61 Å². The Labute approximate surface area is 152 Å². The first-order valence-corrected chi connectivity index (χ1v) is 8.97. The van der Waals surface area contributed by atoms with E-state index in [1.165, 1.54) is 25.7 Å². The Kier molecular flexibility index (Phi) is 4.54. The van der Waals surface area contributed by atoms with Crippen molar-refractivity contribution in [2.45, 2.75) is 45.3 Å². The van der Waals surface area contributed by atoms with Crippen molar-refractivity contribution >= 4 is 41.6 Å². The molecule has 130 valence electrons. The molecule has 1 aromatic carbocycles. The van der Waals surface area contributed by atoms with E-state index in [9.17, 15) is 5.02 Å². The normalized spacial score (nSPS) is 17.0. The second-order valence-corrected chi connectivity index (χ2v) is 7.08. The first kappa shape index (κ1) is 16.6. The molecule has 1 aliphatic heterocycles. The summed E-state index contributed by atoms with van der Waals surface area (Å²) in [6, 6.07) is 4.16. The lowest BCUT2D eigenvalue weighted by Crippen LogP contribution is -2.29. The molecule has 6 nitrogen and oxygen atoms in total. The summed E-state index contributed by atoms with van der Waals surface area (Å²) in [7, 11) is -0.950. The van der Waals surface area contributed by atoms with E-state index in [0.717, 1.165) is 22.6 Å². The van der Waals surface area contributed by atoms with Gasteiger partial charge in [-0.25, -0.2) is 4.98 Å². The van der Waals surface area contributed by atoms with Gasteiger partial charge in [0, 0.05) is 34.0 Å². The van der Waals surface area contributed by atoms with Crippen molar-refractivity contribution in [1.82, 2.24) is 9.97 Å². The molecule has 2 heterocycles. The Bertz CT molecular complexity index is 798. The van der Waals surface area contributed by atoms with E-state index in [-0.39, 0.29) is 0 Å². The maximum Gasteiger partial charge on any atom is 0.493 e. The van der Waals surface area contributed by atoms with E-state index >= 15 is 0 Å². The number of rotatable bonds is 4. The van der Waals surface area contributed by atoms with Crippen molar-refractivity contribution in [3.63, 3.8) is 0 Å². The smallest absolute Gasteiger partial charge is 0.423 e. The van der Waals surface area contributed by atoms with Crippen molar-refractivity contribution in [3.8, 4) is 0 Å². The lowest BCUT2D eigenvalue weighted by molar-refractivity contribution is 0.275. The van der Waals surface area contributed by atoms with Gasteiger partial charge >= 0.3 is 7.12 Å². The number of benzene rings is 1. The fourth-order valence-corrected chi connectivity index (χ4v) is 3.77. The van der Waals surface area contributed by atoms with E-state index in [1.807, 2.05) is 19.2 Å². The largest absolute Gasteiger partial charge is 0.493 e. The topological polar surface area (TPSA) is 79.3 Å². The average Bonchev–Trinajstić information content (AvgIpc) is 3.21. The molecule has 1 fully saturated rings. The number of aromatic nitrogens is 2. The first-order chi connectivity index (χ1) is 12.1. The molecule has 0 amide bonds. The molecule has 0 saturated heterocycles. The van der Waals surface area contributed by atoms with Crippen LogP contribution in [-0.4, -0.2) is 28.2 Å². The van der Waals surface area contributed by atoms with Gasteiger partial charge in [0.2, 0.25) is 5.95 Å². The van der Waals surface area contributed by atoms with Crippen LogP contribution in [0.25, 0.3) is 0 Å². The molecule has 1 aliphatic carbocycles. The van der Waals surface area contributed by atoms with Crippen molar-refractivity contribution in [2.24, 2.45) is 0 Å². The second-order valence-electron chi connectivity index (χ2n) is 6.67. The number of aryl methyl sites for hydroxylation is 1. The van der Waals surface area contributed by atoms with Crippen molar-refractivity contribution in [1.29, 1.82) is 0 Å². The number of nitrogens with one attached hydrogen (secondary N) is 2. The summed E-state index contributed by atoms with van der Waals surface area (Å²) in [4.78, 5) is 8.97. The summed E-state index contributed by atoms with van der Waals surface area (Å²) < 4.78 is 5.22. The van der Waals surface area contributed by atoms with Gasteiger partial charge in [0.15, 0.2) is 0 Å². The van der Waals surface area contributed by atoms with Gasteiger partial charge in [-0.05, 0) is 37.5 Å². The lowest BCUT2D eigenvalue weighted by Gasteiger charge is -2.16. The number of halogens is 1. The minimum Gasteiger partial charge on any atom is -0.423 e. The van der Waals surface area contributed by atoms with Crippen LogP contribution in [0.15, 0.2) is 18.3 Å². The van der Waals surface area contributed by atoms with Gasteiger partial charge in [-0.15, -0.1) is 0 Å². The maximum atomic E-state index is 9.79. The van der Waals surface area contributed by atoms with Crippen LogP contribution in [0.5, 0.6) is 0 Å². The molecule has 25 heavy (non-hydrogen) atoms. The highest BCUT2D eigenvalue weighted by atomic mass is 35.5. The molecule has 1 saturated carbocycles. The van der Waals surface area contributed by atoms with Crippen LogP contribution in [0, 0.1) is 6.92 Å². The summed E-state index contributed by atoms with van der Waals surface area (Å²) in [6.45, 7) is 2.35. The molecule has 0 spiro atoms. The number of nitrogens with zero attached hydrogens (tertiary/aromatic N) is 2. The summed E-state index contributed by atoms with van der Waals surface area (Å²) >= 11 is 6.27. The summed E-state index contributed by atoms with van der Waals surface area (Å²) in [6.07, 6.45) is 6.74. The molecule has 8 heteroatoms. The monoisotopic (exact) mass is 358 g/mol. The summed E-state index contributed by atoms with van der Waals surface area (Å²) in [5, 5.41) is 17.0. The summed E-state index contributed by atoms with van der Waals surface area (Å²) in [5.74, 6) is 1.39. The van der Waals surface area contributed by atoms with Crippen LogP contribution in [0.3, 0.4) is 0 Å². The molecule has 3 N–H and O–H groups in total. The van der Waals surface area contributed by atoms with Gasteiger partial charge in [-0.2, -0.15) is 4.98 Å². The highest BCUT2D eigenvalue weighted by Crippen LogP contribution is 2.26. The fraction of sp³-hybridized carbons (Fsp3) is 0.412. The molecule has 0 radical (unpaired) electrons. The number of fused-ring (bicyclic) bond motifs is 1. The minimum absolute atomic E-state index is 0.342. The maximum absolute atomic E-state index is 9.79. The zero-order valence-electron chi connectivity index (χ0n) is 14.1. The van der Waals surface area contributed by atoms with Gasteiger partial charge < -0.3 is 20.3 Å². The van der Waals surface area contributed by atoms with E-state index in [1.54, 1.807) is 6.07 Å². The molecule has 0 atom stereocenters. The Morgan fingerprint density at radius 1 is 1.32 bits per heavy atom. The molecule has 2 aromatic rings. The van der Waals surface area contributed by atoms with Crippen molar-refractivity contribution in [2.75, 3.05) is 10.6 Å². The molecule has 0 unspecified atom stereocenters. The van der Waals surface area contributed by atoms with Crippen molar-refractivity contribution in [3.05, 3.63) is 34.5 Å². The van der Waals surface area contributed by atoms with E-state index in [4.69, 9.17) is 16.3 Å². The molecular formula is C17H20BClN4O2. The van der Waals surface area contributed by atoms with Crippen LogP contribution in [0.1, 0.15) is 36.8 Å². The zero-order chi connectivity index (χ0) is 17.4. The van der Waals surface area contributed by atoms with E-state index < -0.39 is 7.12 Å². The van der Waals surface area contributed by atoms with Gasteiger partial charge in [0.25, 0.3) is 0 Å². The molecule has 2 aliphatic rings. The van der Waals surface area contributed by atoms with Crippen LogP contribution >= 0.6 is 11.6 Å². The van der Waals surface area contributed by atoms with Crippen LogP contribution in [-0.2, 0) is 11.3 Å². The molecular weight excluding hydrogens is 338 g/mol. The summed E-state index contributed by atoms with van der Waals surface area (Å²) in [5.41, 5.74) is 3.32. The SMILES string of the molecule is Cc1cnc(Nc2cc(Cl)c3c(c2)COB3O)nc1NC1CCCC1. The quantitative estimate of drug-likeness (QED) is 0.729. The van der Waals surface area contributed by atoms with Crippen LogP contribution < -0.4 is 16.1 Å². The third-order valence-electron chi connectivity index (χ3n) is 4.78. The fourth-order valence-electron chi connectivity index (χ4n) is 3.44. The highest BCUT2D eigenvalue weighted by molar-refractivity contribution is 6.65. The van der Waals surface area contributed by atoms with E-state index in [0.29, 0.717) is 29.1 Å². The van der Waals surface area contributed by atoms with Crippen molar-refractivity contribution < 1.29 is 9.68 Å². The minimum atomic E-state index is -0.950. The predicted octanol–water partition coefficient (Wildman–Crippen LogP) is 2.75. The van der Waals surface area contributed by atoms with Gasteiger partial charge in [-0.3, -0.25) is 0 Å². The van der Waals surface area contributed by atoms with Gasteiger partial charge in [0.1, 0.15) is 5.82 Å². The molecule has 4 rings (SSSR count). The zero-order valence-corrected chi connectivity index (χ0v) is 14.8. The average molecular weight is 359 g/mol. The number of hydrogen-bond donors (Lipinski definition) is 3. The second kappa shape index (κ2) is 6.82. The highest BCUT2D eigenvalue weighted by Gasteiger charge is 2.30. The number of anilines is 3. The number of hydrogen-bond acceptors (Lipinski definition) is 6. The van der Waals surface area contributed by atoms with Crippen LogP contribution in [0.2, 0.25) is 5.02 Å². The molecule has 0 bridgehead atoms. The van der Waals surface area contributed by atoms with Gasteiger partial charge in [-0.1, -0.05) is 24.4 Å². The Morgan fingerprint density at radius 2 is 2.12 bits per heavy atom. The Balaban J connectivity index is 1.56.